The second-order valence-corrected chi connectivity index (χ2v) is 6.71. The molecule has 0 N–H and O–H groups in total. The monoisotopic (exact) mass is 272 g/mol. The summed E-state index contributed by atoms with van der Waals surface area (Å²) in [5.74, 6) is 1.39. The predicted octanol–water partition coefficient (Wildman–Crippen LogP) is 2.59. The van der Waals surface area contributed by atoms with Crippen LogP contribution in [0.3, 0.4) is 0 Å². The van der Waals surface area contributed by atoms with Crippen molar-refractivity contribution in [3.05, 3.63) is 35.4 Å². The summed E-state index contributed by atoms with van der Waals surface area (Å²) in [6.45, 7) is 7.44. The van der Waals surface area contributed by atoms with Gasteiger partial charge in [-0.2, -0.15) is 0 Å². The zero-order valence-electron chi connectivity index (χ0n) is 12.7. The molecule has 2 unspecified atom stereocenters. The fourth-order valence-electron chi connectivity index (χ4n) is 3.62. The van der Waals surface area contributed by atoms with Gasteiger partial charge < -0.3 is 9.80 Å². The van der Waals surface area contributed by atoms with Gasteiger partial charge in [-0.25, -0.2) is 0 Å². The molecule has 20 heavy (non-hydrogen) atoms. The molecule has 3 rings (SSSR count). The summed E-state index contributed by atoms with van der Waals surface area (Å²) in [5.41, 5.74) is 2.13. The van der Waals surface area contributed by atoms with Crippen molar-refractivity contribution < 1.29 is 4.79 Å². The maximum absolute atomic E-state index is 12.7. The van der Waals surface area contributed by atoms with Crippen LogP contribution < -0.4 is 0 Å². The van der Waals surface area contributed by atoms with Gasteiger partial charge in [0.15, 0.2) is 0 Å². The highest BCUT2D eigenvalue weighted by Crippen LogP contribution is 2.30. The quantitative estimate of drug-likeness (QED) is 0.826. The Morgan fingerprint density at radius 2 is 1.85 bits per heavy atom. The summed E-state index contributed by atoms with van der Waals surface area (Å²) in [4.78, 5) is 17.1. The molecule has 1 aromatic rings. The molecule has 0 saturated carbocycles. The zero-order chi connectivity index (χ0) is 14.3. The molecular weight excluding hydrogens is 248 g/mol. The number of likely N-dealkylation sites (tertiary alicyclic amines) is 2. The number of carbonyl (C=O) groups excluding carboxylic acids is 1. The van der Waals surface area contributed by atoms with E-state index in [1.54, 1.807) is 0 Å². The van der Waals surface area contributed by atoms with E-state index in [0.29, 0.717) is 17.9 Å². The third kappa shape index (κ3) is 2.47. The van der Waals surface area contributed by atoms with E-state index in [1.165, 1.54) is 12.0 Å². The van der Waals surface area contributed by atoms with Gasteiger partial charge in [-0.15, -0.1) is 0 Å². The molecule has 3 heteroatoms. The molecule has 1 amide bonds. The van der Waals surface area contributed by atoms with Gasteiger partial charge in [-0.3, -0.25) is 4.79 Å². The maximum Gasteiger partial charge on any atom is 0.254 e. The molecule has 0 aliphatic carbocycles. The largest absolute Gasteiger partial charge is 0.334 e. The highest BCUT2D eigenvalue weighted by atomic mass is 16.2. The van der Waals surface area contributed by atoms with Crippen LogP contribution in [-0.4, -0.2) is 48.4 Å². The summed E-state index contributed by atoms with van der Waals surface area (Å²) < 4.78 is 0. The molecule has 3 nitrogen and oxygen atoms in total. The van der Waals surface area contributed by atoms with Crippen LogP contribution in [0.1, 0.15) is 42.1 Å². The second kappa shape index (κ2) is 5.21. The van der Waals surface area contributed by atoms with Crippen LogP contribution >= 0.6 is 0 Å². The molecular formula is C17H24N2O. The van der Waals surface area contributed by atoms with Crippen LogP contribution in [0.25, 0.3) is 0 Å². The summed E-state index contributed by atoms with van der Waals surface area (Å²) in [6, 6.07) is 8.57. The lowest BCUT2D eigenvalue weighted by Gasteiger charge is -2.30. The zero-order valence-corrected chi connectivity index (χ0v) is 12.7. The maximum atomic E-state index is 12.7. The van der Waals surface area contributed by atoms with E-state index < -0.39 is 0 Å². The number of fused-ring (bicyclic) bond motifs is 2. The first-order valence-electron chi connectivity index (χ1n) is 7.64. The van der Waals surface area contributed by atoms with E-state index in [1.807, 2.05) is 12.1 Å². The first-order chi connectivity index (χ1) is 9.54. The van der Waals surface area contributed by atoms with Crippen molar-refractivity contribution in [3.8, 4) is 0 Å². The minimum atomic E-state index is 0.211. The summed E-state index contributed by atoms with van der Waals surface area (Å²) >= 11 is 0. The van der Waals surface area contributed by atoms with Gasteiger partial charge in [0.1, 0.15) is 0 Å². The SMILES string of the molecule is CC(C)c1ccc(C(=O)N2CC3CC2CN(C)C3)cc1. The van der Waals surface area contributed by atoms with Crippen molar-refractivity contribution in [2.75, 3.05) is 26.7 Å². The van der Waals surface area contributed by atoms with Crippen LogP contribution in [0.5, 0.6) is 0 Å². The van der Waals surface area contributed by atoms with Gasteiger partial charge >= 0.3 is 0 Å². The smallest absolute Gasteiger partial charge is 0.254 e. The molecule has 0 aromatic heterocycles. The number of piperidine rings is 1. The number of rotatable bonds is 2. The Hall–Kier alpha value is -1.35. The Morgan fingerprint density at radius 1 is 1.15 bits per heavy atom. The minimum Gasteiger partial charge on any atom is -0.334 e. The lowest BCUT2D eigenvalue weighted by molar-refractivity contribution is 0.0722. The molecule has 0 spiro atoms. The van der Waals surface area contributed by atoms with Crippen LogP contribution in [-0.2, 0) is 0 Å². The van der Waals surface area contributed by atoms with Crippen molar-refractivity contribution in [2.24, 2.45) is 5.92 Å². The molecule has 2 bridgehead atoms. The summed E-state index contributed by atoms with van der Waals surface area (Å²) in [7, 11) is 2.16. The standard InChI is InChI=1S/C17H24N2O/c1-12(2)14-4-6-15(7-5-14)17(20)19-10-13-8-16(19)11-18(3)9-13/h4-7,12-13,16H,8-11H2,1-3H3. The number of likely N-dealkylation sites (N-methyl/N-ethyl adjacent to an activating group) is 1. The van der Waals surface area contributed by atoms with Crippen molar-refractivity contribution in [1.29, 1.82) is 0 Å². The van der Waals surface area contributed by atoms with E-state index in [4.69, 9.17) is 0 Å². The van der Waals surface area contributed by atoms with Gasteiger partial charge in [0.25, 0.3) is 5.91 Å². The molecule has 1 aromatic carbocycles. The Labute approximate surface area is 121 Å². The second-order valence-electron chi connectivity index (χ2n) is 6.71. The van der Waals surface area contributed by atoms with Crippen LogP contribution in [0.15, 0.2) is 24.3 Å². The van der Waals surface area contributed by atoms with Crippen molar-refractivity contribution >= 4 is 5.91 Å². The van der Waals surface area contributed by atoms with E-state index in [9.17, 15) is 4.79 Å². The minimum absolute atomic E-state index is 0.211. The van der Waals surface area contributed by atoms with Crippen LogP contribution in [0.4, 0.5) is 0 Å². The van der Waals surface area contributed by atoms with E-state index in [2.05, 4.69) is 42.8 Å². The lowest BCUT2D eigenvalue weighted by Crippen LogP contribution is -2.42. The van der Waals surface area contributed by atoms with Crippen molar-refractivity contribution in [3.63, 3.8) is 0 Å². The third-order valence-electron chi connectivity index (χ3n) is 4.68. The molecule has 2 saturated heterocycles. The van der Waals surface area contributed by atoms with Gasteiger partial charge in [-0.05, 0) is 43.0 Å². The van der Waals surface area contributed by atoms with Gasteiger partial charge in [0.05, 0.1) is 0 Å². The first-order valence-corrected chi connectivity index (χ1v) is 7.64. The third-order valence-corrected chi connectivity index (χ3v) is 4.68. The van der Waals surface area contributed by atoms with Gasteiger partial charge in [0, 0.05) is 31.2 Å². The van der Waals surface area contributed by atoms with Crippen molar-refractivity contribution in [1.82, 2.24) is 9.80 Å². The summed E-state index contributed by atoms with van der Waals surface area (Å²) in [5, 5.41) is 0. The van der Waals surface area contributed by atoms with Crippen LogP contribution in [0, 0.1) is 5.92 Å². The number of amides is 1. The first kappa shape index (κ1) is 13.6. The Bertz CT molecular complexity index is 494. The number of nitrogens with zero attached hydrogens (tertiary/aromatic N) is 2. The Kier molecular flexibility index (Phi) is 3.55. The van der Waals surface area contributed by atoms with Crippen molar-refractivity contribution in [2.45, 2.75) is 32.2 Å². The van der Waals surface area contributed by atoms with E-state index in [0.717, 1.165) is 25.2 Å². The molecule has 2 heterocycles. The average Bonchev–Trinajstić information content (AvgIpc) is 2.73. The fraction of sp³-hybridized carbons (Fsp3) is 0.588. The highest BCUT2D eigenvalue weighted by molar-refractivity contribution is 5.94. The van der Waals surface area contributed by atoms with E-state index >= 15 is 0 Å². The molecule has 0 radical (unpaired) electrons. The predicted molar refractivity (Wildman–Crippen MR) is 81.0 cm³/mol. The lowest BCUT2D eigenvalue weighted by atomic mass is 10.0. The number of benzene rings is 1. The number of hydrogen-bond acceptors (Lipinski definition) is 2. The van der Waals surface area contributed by atoms with Gasteiger partial charge in [-0.1, -0.05) is 26.0 Å². The number of hydrogen-bond donors (Lipinski definition) is 0. The molecule has 2 fully saturated rings. The fourth-order valence-corrected chi connectivity index (χ4v) is 3.62. The highest BCUT2D eigenvalue weighted by Gasteiger charge is 2.39. The summed E-state index contributed by atoms with van der Waals surface area (Å²) in [6.07, 6.45) is 1.18. The normalized spacial score (nSPS) is 26.3. The topological polar surface area (TPSA) is 23.6 Å². The molecule has 2 aliphatic heterocycles. The average molecular weight is 272 g/mol. The Balaban J connectivity index is 1.76. The molecule has 108 valence electrons. The molecule has 2 aliphatic rings. The van der Waals surface area contributed by atoms with Gasteiger partial charge in [0.2, 0.25) is 0 Å². The molecule has 2 atom stereocenters. The van der Waals surface area contributed by atoms with E-state index in [-0.39, 0.29) is 5.91 Å². The Morgan fingerprint density at radius 3 is 2.50 bits per heavy atom. The van der Waals surface area contributed by atoms with Crippen LogP contribution in [0.2, 0.25) is 0 Å². The number of carbonyl (C=O) groups is 1.